The average molecular weight is 341 g/mol. The van der Waals surface area contributed by atoms with Crippen LogP contribution >= 0.6 is 11.3 Å². The second-order valence-corrected chi connectivity index (χ2v) is 7.20. The highest BCUT2D eigenvalue weighted by molar-refractivity contribution is 7.09. The molecule has 6 heteroatoms. The number of hydrogen-bond acceptors (Lipinski definition) is 4. The lowest BCUT2D eigenvalue weighted by atomic mass is 9.98. The lowest BCUT2D eigenvalue weighted by Crippen LogP contribution is -2.34. The molecule has 0 bridgehead atoms. The van der Waals surface area contributed by atoms with Gasteiger partial charge in [0.05, 0.1) is 5.01 Å². The first-order valence-electron chi connectivity index (χ1n) is 8.17. The molecule has 1 fully saturated rings. The second-order valence-electron chi connectivity index (χ2n) is 6.31. The number of carboxylic acids is 1. The summed E-state index contributed by atoms with van der Waals surface area (Å²) in [6, 6.07) is 8.50. The number of aromatic amines is 1. The second kappa shape index (κ2) is 6.37. The zero-order chi connectivity index (χ0) is 16.5. The zero-order valence-corrected chi connectivity index (χ0v) is 14.1. The molecule has 3 heterocycles. The Morgan fingerprint density at radius 3 is 3.17 bits per heavy atom. The molecule has 24 heavy (non-hydrogen) atoms. The van der Waals surface area contributed by atoms with Crippen LogP contribution in [0.2, 0.25) is 0 Å². The van der Waals surface area contributed by atoms with Crippen molar-refractivity contribution in [2.24, 2.45) is 0 Å². The molecule has 124 valence electrons. The summed E-state index contributed by atoms with van der Waals surface area (Å²) in [6.45, 7) is 2.92. The Hall–Kier alpha value is -2.18. The normalized spacial score (nSPS) is 18.9. The number of aromatic nitrogens is 2. The molecule has 1 atom stereocenters. The van der Waals surface area contributed by atoms with Gasteiger partial charge in [-0.15, -0.1) is 11.3 Å². The van der Waals surface area contributed by atoms with Crippen molar-refractivity contribution in [1.29, 1.82) is 0 Å². The number of carboxylic acid groups (broad SMARTS) is 1. The molecule has 1 aliphatic rings. The van der Waals surface area contributed by atoms with Gasteiger partial charge in [0.15, 0.2) is 5.69 Å². The summed E-state index contributed by atoms with van der Waals surface area (Å²) in [7, 11) is 0. The van der Waals surface area contributed by atoms with Gasteiger partial charge in [-0.2, -0.15) is 0 Å². The fraction of sp³-hybridized carbons (Fsp3) is 0.333. The SMILES string of the molecule is O=C(O)c1csc(C2CCCN(Cc3cccc4cc[nH]c34)C2)n1. The number of piperidine rings is 1. The molecule has 1 aliphatic heterocycles. The number of rotatable bonds is 4. The molecule has 3 aromatic rings. The van der Waals surface area contributed by atoms with Gasteiger partial charge in [-0.25, -0.2) is 9.78 Å². The number of H-pyrrole nitrogens is 1. The topological polar surface area (TPSA) is 69.2 Å². The van der Waals surface area contributed by atoms with E-state index in [1.165, 1.54) is 27.8 Å². The maximum Gasteiger partial charge on any atom is 0.355 e. The predicted octanol–water partition coefficient (Wildman–Crippen LogP) is 3.70. The summed E-state index contributed by atoms with van der Waals surface area (Å²) in [5.74, 6) is -0.608. The highest BCUT2D eigenvalue weighted by Gasteiger charge is 2.25. The Kier molecular flexibility index (Phi) is 4.08. The van der Waals surface area contributed by atoms with Crippen LogP contribution in [-0.4, -0.2) is 39.0 Å². The monoisotopic (exact) mass is 341 g/mol. The van der Waals surface area contributed by atoms with Crippen molar-refractivity contribution >= 4 is 28.2 Å². The summed E-state index contributed by atoms with van der Waals surface area (Å²) >= 11 is 1.47. The Morgan fingerprint density at radius 1 is 1.42 bits per heavy atom. The van der Waals surface area contributed by atoms with Crippen LogP contribution in [0.3, 0.4) is 0 Å². The predicted molar refractivity (Wildman–Crippen MR) is 94.6 cm³/mol. The molecular weight excluding hydrogens is 322 g/mol. The van der Waals surface area contributed by atoms with Gasteiger partial charge >= 0.3 is 5.97 Å². The first kappa shape index (κ1) is 15.4. The van der Waals surface area contributed by atoms with Crippen molar-refractivity contribution in [2.75, 3.05) is 13.1 Å². The maximum atomic E-state index is 11.0. The maximum absolute atomic E-state index is 11.0. The van der Waals surface area contributed by atoms with Crippen LogP contribution in [0, 0.1) is 0 Å². The molecule has 0 saturated carbocycles. The number of thiazole rings is 1. The van der Waals surface area contributed by atoms with E-state index in [-0.39, 0.29) is 5.69 Å². The van der Waals surface area contributed by atoms with Gasteiger partial charge in [-0.1, -0.05) is 18.2 Å². The minimum atomic E-state index is -0.941. The molecule has 0 spiro atoms. The van der Waals surface area contributed by atoms with Gasteiger partial charge in [-0.3, -0.25) is 4.90 Å². The molecule has 0 radical (unpaired) electrons. The van der Waals surface area contributed by atoms with E-state index in [1.54, 1.807) is 5.38 Å². The Balaban J connectivity index is 1.50. The van der Waals surface area contributed by atoms with E-state index in [0.717, 1.165) is 37.5 Å². The van der Waals surface area contributed by atoms with Gasteiger partial charge < -0.3 is 10.1 Å². The third kappa shape index (κ3) is 2.95. The number of likely N-dealkylation sites (tertiary alicyclic amines) is 1. The molecule has 1 aromatic carbocycles. The number of aromatic carboxylic acids is 1. The third-order valence-electron chi connectivity index (χ3n) is 4.66. The first-order chi connectivity index (χ1) is 11.7. The van der Waals surface area contributed by atoms with E-state index in [9.17, 15) is 4.79 Å². The fourth-order valence-corrected chi connectivity index (χ4v) is 4.42. The summed E-state index contributed by atoms with van der Waals surface area (Å²) in [5.41, 5.74) is 2.69. The summed E-state index contributed by atoms with van der Waals surface area (Å²) in [5, 5.41) is 12.9. The number of benzene rings is 1. The largest absolute Gasteiger partial charge is 0.476 e. The minimum absolute atomic E-state index is 0.170. The molecule has 2 N–H and O–H groups in total. The Labute approximate surface area is 144 Å². The van der Waals surface area contributed by atoms with Crippen molar-refractivity contribution in [2.45, 2.75) is 25.3 Å². The molecule has 0 amide bonds. The first-order valence-corrected chi connectivity index (χ1v) is 9.05. The van der Waals surface area contributed by atoms with Crippen molar-refractivity contribution in [3.63, 3.8) is 0 Å². The van der Waals surface area contributed by atoms with Crippen LogP contribution in [0.25, 0.3) is 10.9 Å². The van der Waals surface area contributed by atoms with Gasteiger partial charge in [0, 0.05) is 36.1 Å². The highest BCUT2D eigenvalue weighted by Crippen LogP contribution is 2.30. The number of hydrogen-bond donors (Lipinski definition) is 2. The van der Waals surface area contributed by atoms with Crippen molar-refractivity contribution < 1.29 is 9.90 Å². The number of carbonyl (C=O) groups is 1. The minimum Gasteiger partial charge on any atom is -0.476 e. The van der Waals surface area contributed by atoms with Crippen LogP contribution in [-0.2, 0) is 6.54 Å². The number of nitrogens with one attached hydrogen (secondary N) is 1. The van der Waals surface area contributed by atoms with Crippen LogP contribution in [0.15, 0.2) is 35.8 Å². The molecule has 4 rings (SSSR count). The van der Waals surface area contributed by atoms with E-state index in [0.29, 0.717) is 5.92 Å². The number of para-hydroxylation sites is 1. The summed E-state index contributed by atoms with van der Waals surface area (Å²) in [4.78, 5) is 21.1. The van der Waals surface area contributed by atoms with E-state index >= 15 is 0 Å². The standard InChI is InChI=1S/C18H19N3O2S/c22-18(23)15-11-24-17(20-15)14-5-2-8-21(10-14)9-13-4-1-3-12-6-7-19-16(12)13/h1,3-4,6-7,11,14,19H,2,5,8-10H2,(H,22,23). The van der Waals surface area contributed by atoms with Crippen molar-refractivity contribution in [3.8, 4) is 0 Å². The third-order valence-corrected chi connectivity index (χ3v) is 5.67. The van der Waals surface area contributed by atoms with Gasteiger partial charge in [0.25, 0.3) is 0 Å². The van der Waals surface area contributed by atoms with Gasteiger partial charge in [0.1, 0.15) is 0 Å². The van der Waals surface area contributed by atoms with Crippen LogP contribution < -0.4 is 0 Å². The van der Waals surface area contributed by atoms with Crippen molar-refractivity contribution in [1.82, 2.24) is 14.9 Å². The lowest BCUT2D eigenvalue weighted by molar-refractivity contribution is 0.0691. The van der Waals surface area contributed by atoms with Crippen LogP contribution in [0.5, 0.6) is 0 Å². The molecule has 1 saturated heterocycles. The fourth-order valence-electron chi connectivity index (χ4n) is 3.50. The highest BCUT2D eigenvalue weighted by atomic mass is 32.1. The zero-order valence-electron chi connectivity index (χ0n) is 13.2. The molecule has 1 unspecified atom stereocenters. The van der Waals surface area contributed by atoms with Gasteiger partial charge in [-0.05, 0) is 36.4 Å². The van der Waals surface area contributed by atoms with E-state index in [1.807, 2.05) is 6.20 Å². The average Bonchev–Trinajstić information content (AvgIpc) is 3.25. The summed E-state index contributed by atoms with van der Waals surface area (Å²) < 4.78 is 0. The van der Waals surface area contributed by atoms with E-state index in [4.69, 9.17) is 5.11 Å². The van der Waals surface area contributed by atoms with Crippen LogP contribution in [0.1, 0.15) is 39.8 Å². The molecular formula is C18H19N3O2S. The smallest absolute Gasteiger partial charge is 0.355 e. The lowest BCUT2D eigenvalue weighted by Gasteiger charge is -2.31. The van der Waals surface area contributed by atoms with E-state index < -0.39 is 5.97 Å². The Bertz CT molecular complexity index is 870. The van der Waals surface area contributed by atoms with Crippen molar-refractivity contribution in [3.05, 3.63) is 52.1 Å². The Morgan fingerprint density at radius 2 is 2.33 bits per heavy atom. The number of fused-ring (bicyclic) bond motifs is 1. The van der Waals surface area contributed by atoms with Crippen LogP contribution in [0.4, 0.5) is 0 Å². The summed E-state index contributed by atoms with van der Waals surface area (Å²) in [6.07, 6.45) is 4.18. The quantitative estimate of drug-likeness (QED) is 0.759. The number of nitrogens with zero attached hydrogens (tertiary/aromatic N) is 2. The molecule has 0 aliphatic carbocycles. The van der Waals surface area contributed by atoms with Gasteiger partial charge in [0.2, 0.25) is 0 Å². The molecule has 2 aromatic heterocycles. The molecule has 5 nitrogen and oxygen atoms in total. The van der Waals surface area contributed by atoms with E-state index in [2.05, 4.69) is 39.1 Å².